The lowest BCUT2D eigenvalue weighted by Gasteiger charge is -2.36. The van der Waals surface area contributed by atoms with Gasteiger partial charge in [0, 0.05) is 37.4 Å². The van der Waals surface area contributed by atoms with E-state index in [-0.39, 0.29) is 23.6 Å². The SMILES string of the molecule is COCOc1ccc(C(=O)N2C[C@@H](NCc3ccc(-c4ccccc4S(=O)(=O)NC(c4ccccc4)(c4ccccc4)c4ccccc4)cc3)C[C@H]2C(=O)OC)cc1. The number of sulfonamides is 1. The van der Waals surface area contributed by atoms with E-state index in [0.717, 1.165) is 27.8 Å². The van der Waals surface area contributed by atoms with E-state index in [0.29, 0.717) is 36.4 Å². The first-order chi connectivity index (χ1) is 28.2. The van der Waals surface area contributed by atoms with Crippen molar-refractivity contribution in [2.24, 2.45) is 0 Å². The van der Waals surface area contributed by atoms with Gasteiger partial charge in [0.1, 0.15) is 17.3 Å². The molecule has 0 unspecified atom stereocenters. The molecule has 0 aromatic heterocycles. The van der Waals surface area contributed by atoms with E-state index in [4.69, 9.17) is 14.2 Å². The lowest BCUT2D eigenvalue weighted by molar-refractivity contribution is -0.145. The van der Waals surface area contributed by atoms with E-state index in [1.54, 1.807) is 41.3 Å². The van der Waals surface area contributed by atoms with Crippen LogP contribution < -0.4 is 14.8 Å². The fraction of sp³-hybridized carbons (Fsp3) is 0.191. The monoisotopic (exact) mass is 795 g/mol. The molecule has 0 aliphatic carbocycles. The molecule has 1 heterocycles. The molecule has 1 fully saturated rings. The van der Waals surface area contributed by atoms with Gasteiger partial charge >= 0.3 is 5.97 Å². The Balaban J connectivity index is 1.10. The summed E-state index contributed by atoms with van der Waals surface area (Å²) < 4.78 is 48.2. The molecule has 1 aliphatic heterocycles. The third-order valence-corrected chi connectivity index (χ3v) is 11.9. The Labute approximate surface area is 339 Å². The summed E-state index contributed by atoms with van der Waals surface area (Å²) in [7, 11) is -1.32. The highest BCUT2D eigenvalue weighted by atomic mass is 32.2. The number of ether oxygens (including phenoxy) is 3. The molecule has 7 rings (SSSR count). The molecular formula is C47H45N3O7S. The Morgan fingerprint density at radius 1 is 0.707 bits per heavy atom. The van der Waals surface area contributed by atoms with Gasteiger partial charge in [-0.1, -0.05) is 133 Å². The number of likely N-dealkylation sites (tertiary alicyclic amines) is 1. The zero-order valence-electron chi connectivity index (χ0n) is 32.3. The van der Waals surface area contributed by atoms with Crippen molar-refractivity contribution in [2.45, 2.75) is 35.5 Å². The molecule has 1 aliphatic rings. The Kier molecular flexibility index (Phi) is 12.4. The fourth-order valence-electron chi connectivity index (χ4n) is 7.56. The predicted octanol–water partition coefficient (Wildman–Crippen LogP) is 7.15. The lowest BCUT2D eigenvalue weighted by Crippen LogP contribution is -2.47. The molecule has 0 radical (unpaired) electrons. The number of nitrogens with zero attached hydrogens (tertiary/aromatic N) is 1. The van der Waals surface area contributed by atoms with Crippen molar-refractivity contribution in [3.8, 4) is 16.9 Å². The molecule has 10 nitrogen and oxygen atoms in total. The molecule has 58 heavy (non-hydrogen) atoms. The predicted molar refractivity (Wildman–Crippen MR) is 222 cm³/mol. The van der Waals surface area contributed by atoms with Crippen LogP contribution in [0, 0.1) is 0 Å². The van der Waals surface area contributed by atoms with Crippen LogP contribution in [0.25, 0.3) is 11.1 Å². The average Bonchev–Trinajstić information content (AvgIpc) is 3.72. The van der Waals surface area contributed by atoms with Crippen LogP contribution in [-0.2, 0) is 36.4 Å². The van der Waals surface area contributed by atoms with E-state index >= 15 is 0 Å². The number of esters is 1. The van der Waals surface area contributed by atoms with Gasteiger partial charge in [-0.15, -0.1) is 0 Å². The zero-order valence-corrected chi connectivity index (χ0v) is 33.1. The maximum atomic E-state index is 14.8. The van der Waals surface area contributed by atoms with E-state index in [1.165, 1.54) is 14.2 Å². The highest BCUT2D eigenvalue weighted by Gasteiger charge is 2.42. The highest BCUT2D eigenvalue weighted by Crippen LogP contribution is 2.39. The number of amides is 1. The quantitative estimate of drug-likeness (QED) is 0.0639. The molecule has 0 saturated carbocycles. The van der Waals surface area contributed by atoms with Crippen molar-refractivity contribution in [1.29, 1.82) is 0 Å². The molecule has 6 aromatic carbocycles. The first-order valence-electron chi connectivity index (χ1n) is 19.0. The van der Waals surface area contributed by atoms with Gasteiger partial charge < -0.3 is 24.4 Å². The highest BCUT2D eigenvalue weighted by molar-refractivity contribution is 7.89. The summed E-state index contributed by atoms with van der Waals surface area (Å²) >= 11 is 0. The molecule has 2 atom stereocenters. The molecule has 1 amide bonds. The molecule has 11 heteroatoms. The second kappa shape index (κ2) is 18.0. The van der Waals surface area contributed by atoms with E-state index in [2.05, 4.69) is 10.0 Å². The van der Waals surface area contributed by atoms with Gasteiger partial charge in [0.15, 0.2) is 6.79 Å². The first-order valence-corrected chi connectivity index (χ1v) is 20.4. The second-order valence-corrected chi connectivity index (χ2v) is 15.7. The fourth-order valence-corrected chi connectivity index (χ4v) is 9.16. The summed E-state index contributed by atoms with van der Waals surface area (Å²) in [6.07, 6.45) is 0.389. The van der Waals surface area contributed by atoms with Gasteiger partial charge in [-0.2, -0.15) is 4.72 Å². The number of carbonyl (C=O) groups is 2. The maximum absolute atomic E-state index is 14.8. The number of carbonyl (C=O) groups excluding carboxylic acids is 2. The topological polar surface area (TPSA) is 123 Å². The average molecular weight is 796 g/mol. The van der Waals surface area contributed by atoms with Crippen LogP contribution in [-0.4, -0.2) is 64.8 Å². The van der Waals surface area contributed by atoms with Gasteiger partial charge in [-0.25, -0.2) is 13.2 Å². The summed E-state index contributed by atoms with van der Waals surface area (Å²) in [5.41, 5.74) is 3.77. The van der Waals surface area contributed by atoms with Crippen LogP contribution in [0.2, 0.25) is 0 Å². The van der Waals surface area contributed by atoms with Crippen LogP contribution in [0.15, 0.2) is 169 Å². The zero-order chi connectivity index (χ0) is 40.5. The van der Waals surface area contributed by atoms with Gasteiger partial charge in [-0.05, 0) is 64.6 Å². The maximum Gasteiger partial charge on any atom is 0.328 e. The minimum absolute atomic E-state index is 0.0900. The largest absolute Gasteiger partial charge is 0.468 e. The normalized spacial score (nSPS) is 15.5. The third kappa shape index (κ3) is 8.58. The minimum Gasteiger partial charge on any atom is -0.468 e. The van der Waals surface area contributed by atoms with Crippen molar-refractivity contribution in [1.82, 2.24) is 14.9 Å². The van der Waals surface area contributed by atoms with Crippen LogP contribution in [0.4, 0.5) is 0 Å². The van der Waals surface area contributed by atoms with Gasteiger partial charge in [-0.3, -0.25) is 4.79 Å². The summed E-state index contributed by atoms with van der Waals surface area (Å²) in [6.45, 7) is 0.863. The summed E-state index contributed by atoms with van der Waals surface area (Å²) in [4.78, 5) is 28.0. The molecule has 2 N–H and O–H groups in total. The third-order valence-electron chi connectivity index (χ3n) is 10.4. The van der Waals surface area contributed by atoms with Crippen LogP contribution in [0.5, 0.6) is 5.75 Å². The number of nitrogens with one attached hydrogen (secondary N) is 2. The van der Waals surface area contributed by atoms with Gasteiger partial charge in [0.05, 0.1) is 12.0 Å². The first kappa shape index (κ1) is 40.1. The Hall–Kier alpha value is -6.11. The summed E-state index contributed by atoms with van der Waals surface area (Å²) in [6, 6.07) is 49.4. The number of hydrogen-bond donors (Lipinski definition) is 2. The summed E-state index contributed by atoms with van der Waals surface area (Å²) in [5, 5.41) is 3.50. The van der Waals surface area contributed by atoms with Gasteiger partial charge in [0.2, 0.25) is 10.0 Å². The minimum atomic E-state index is -4.17. The van der Waals surface area contributed by atoms with Crippen LogP contribution in [0.3, 0.4) is 0 Å². The number of methoxy groups -OCH3 is 2. The molecule has 296 valence electrons. The van der Waals surface area contributed by atoms with Crippen molar-refractivity contribution in [3.63, 3.8) is 0 Å². The number of hydrogen-bond acceptors (Lipinski definition) is 8. The van der Waals surface area contributed by atoms with Crippen molar-refractivity contribution in [3.05, 3.63) is 192 Å². The Morgan fingerprint density at radius 3 is 1.81 bits per heavy atom. The van der Waals surface area contributed by atoms with Crippen molar-refractivity contribution < 1.29 is 32.2 Å². The second-order valence-electron chi connectivity index (χ2n) is 14.0. The molecule has 6 aromatic rings. The van der Waals surface area contributed by atoms with Crippen LogP contribution in [0.1, 0.15) is 39.0 Å². The van der Waals surface area contributed by atoms with Crippen LogP contribution >= 0.6 is 0 Å². The van der Waals surface area contributed by atoms with E-state index < -0.39 is 27.6 Å². The number of rotatable bonds is 15. The van der Waals surface area contributed by atoms with Crippen molar-refractivity contribution >= 4 is 21.9 Å². The van der Waals surface area contributed by atoms with Gasteiger partial charge in [0.25, 0.3) is 5.91 Å². The Morgan fingerprint density at radius 2 is 1.26 bits per heavy atom. The van der Waals surface area contributed by atoms with Crippen molar-refractivity contribution in [2.75, 3.05) is 27.6 Å². The molecule has 0 spiro atoms. The lowest BCUT2D eigenvalue weighted by atomic mass is 9.78. The van der Waals surface area contributed by atoms with E-state index in [9.17, 15) is 18.0 Å². The molecule has 1 saturated heterocycles. The smallest absolute Gasteiger partial charge is 0.328 e. The molecule has 0 bridgehead atoms. The summed E-state index contributed by atoms with van der Waals surface area (Å²) in [5.74, 6) is -0.189. The Bertz CT molecular complexity index is 2320. The molecular weight excluding hydrogens is 751 g/mol. The van der Waals surface area contributed by atoms with E-state index in [1.807, 2.05) is 127 Å². The number of benzene rings is 6. The standard InChI is InChI=1S/C47H45N3O7S/c1-55-33-57-41-28-26-36(27-29-41)45(51)50-32-40(30-43(50)46(52)56-2)48-31-34-22-24-35(25-23-34)42-20-12-13-21-44(42)58(53,54)49-47(37-14-6-3-7-15-37,38-16-8-4-9-17-38)39-18-10-5-11-19-39/h3-29,40,43,48-49H,30-33H2,1-2H3/t40-,43-/m0/s1.